The van der Waals surface area contributed by atoms with Crippen molar-refractivity contribution in [2.24, 2.45) is 18.0 Å². The van der Waals surface area contributed by atoms with Gasteiger partial charge in [0.05, 0.1) is 0 Å². The van der Waals surface area contributed by atoms with Gasteiger partial charge in [-0.05, 0) is 39.3 Å². The highest BCUT2D eigenvalue weighted by Crippen LogP contribution is 2.18. The molecule has 24 heavy (non-hydrogen) atoms. The summed E-state index contributed by atoms with van der Waals surface area (Å²) in [5.41, 5.74) is 0. The van der Waals surface area contributed by atoms with E-state index >= 15 is 0 Å². The molecule has 7 nitrogen and oxygen atoms in total. The molecule has 2 heterocycles. The highest BCUT2D eigenvalue weighted by molar-refractivity contribution is 5.80. The molecule has 0 aliphatic carbocycles. The van der Waals surface area contributed by atoms with Crippen LogP contribution in [0.3, 0.4) is 0 Å². The van der Waals surface area contributed by atoms with Gasteiger partial charge in [0.2, 0.25) is 0 Å². The first-order valence-electron chi connectivity index (χ1n) is 9.19. The summed E-state index contributed by atoms with van der Waals surface area (Å²) in [5.74, 6) is 3.55. The highest BCUT2D eigenvalue weighted by atomic mass is 15.3. The average Bonchev–Trinajstić information content (AvgIpc) is 3.17. The van der Waals surface area contributed by atoms with E-state index in [2.05, 4.69) is 46.1 Å². The second kappa shape index (κ2) is 9.01. The Morgan fingerprint density at radius 1 is 1.29 bits per heavy atom. The molecule has 7 heteroatoms. The van der Waals surface area contributed by atoms with E-state index in [1.807, 2.05) is 18.5 Å². The number of likely N-dealkylation sites (tertiary alicyclic amines) is 1. The molecule has 0 amide bonds. The predicted molar refractivity (Wildman–Crippen MR) is 98.0 cm³/mol. The third-order valence-electron chi connectivity index (χ3n) is 4.88. The minimum Gasteiger partial charge on any atom is -0.357 e. The van der Waals surface area contributed by atoms with Crippen molar-refractivity contribution >= 4 is 5.96 Å². The van der Waals surface area contributed by atoms with Crippen LogP contribution in [0, 0.1) is 12.8 Å². The first-order chi connectivity index (χ1) is 11.6. The van der Waals surface area contributed by atoms with Crippen LogP contribution in [0.1, 0.15) is 38.8 Å². The number of nitrogens with zero attached hydrogens (tertiary/aromatic N) is 6. The second-order valence-electron chi connectivity index (χ2n) is 6.48. The van der Waals surface area contributed by atoms with Crippen molar-refractivity contribution in [2.75, 3.05) is 39.3 Å². The Bertz CT molecular complexity index is 533. The Morgan fingerprint density at radius 3 is 2.62 bits per heavy atom. The van der Waals surface area contributed by atoms with Crippen LogP contribution < -0.4 is 5.32 Å². The maximum absolute atomic E-state index is 4.79. The fraction of sp³-hybridized carbons (Fsp3) is 0.824. The minimum atomic E-state index is 0.566. The number of aliphatic imine (C=N–C) groups is 1. The van der Waals surface area contributed by atoms with Gasteiger partial charge in [-0.1, -0.05) is 13.8 Å². The third-order valence-corrected chi connectivity index (χ3v) is 4.88. The van der Waals surface area contributed by atoms with Gasteiger partial charge in [-0.3, -0.25) is 0 Å². The highest BCUT2D eigenvalue weighted by Gasteiger charge is 2.26. The Morgan fingerprint density at radius 2 is 2.04 bits per heavy atom. The van der Waals surface area contributed by atoms with Crippen LogP contribution in [0.4, 0.5) is 0 Å². The van der Waals surface area contributed by atoms with Gasteiger partial charge in [0.25, 0.3) is 0 Å². The lowest BCUT2D eigenvalue weighted by atomic mass is 10.1. The standard InChI is InChI=1S/C17H33N7/c1-6-18-17(19-11-16-21-20-14(4)22(16)5)24-10-9-15(13-24)12-23(7-2)8-3/h15H,6-13H2,1-5H3,(H,18,19). The molecule has 0 saturated carbocycles. The van der Waals surface area contributed by atoms with Gasteiger partial charge in [-0.25, -0.2) is 4.99 Å². The summed E-state index contributed by atoms with van der Waals surface area (Å²) in [7, 11) is 1.99. The van der Waals surface area contributed by atoms with Crippen LogP contribution in [0.15, 0.2) is 4.99 Å². The van der Waals surface area contributed by atoms with E-state index in [0.29, 0.717) is 6.54 Å². The molecule has 0 radical (unpaired) electrons. The smallest absolute Gasteiger partial charge is 0.194 e. The molecule has 1 saturated heterocycles. The maximum atomic E-state index is 4.79. The van der Waals surface area contributed by atoms with Gasteiger partial charge in [0, 0.05) is 33.2 Å². The molecule has 1 N–H and O–H groups in total. The molecule has 2 rings (SSSR count). The molecule has 1 aromatic rings. The van der Waals surface area contributed by atoms with Crippen molar-refractivity contribution in [1.29, 1.82) is 0 Å². The van der Waals surface area contributed by atoms with E-state index in [-0.39, 0.29) is 0 Å². The van der Waals surface area contributed by atoms with Crippen molar-refractivity contribution in [3.8, 4) is 0 Å². The summed E-state index contributed by atoms with van der Waals surface area (Å²) in [4.78, 5) is 9.69. The van der Waals surface area contributed by atoms with Crippen LogP contribution in [0.2, 0.25) is 0 Å². The topological polar surface area (TPSA) is 61.6 Å². The van der Waals surface area contributed by atoms with Crippen LogP contribution >= 0.6 is 0 Å². The van der Waals surface area contributed by atoms with E-state index in [1.54, 1.807) is 0 Å². The van der Waals surface area contributed by atoms with Gasteiger partial charge in [-0.15, -0.1) is 10.2 Å². The molecule has 1 fully saturated rings. The molecule has 1 unspecified atom stereocenters. The van der Waals surface area contributed by atoms with Crippen molar-refractivity contribution in [3.63, 3.8) is 0 Å². The quantitative estimate of drug-likeness (QED) is 0.600. The number of aryl methyl sites for hydroxylation is 1. The molecular weight excluding hydrogens is 302 g/mol. The van der Waals surface area contributed by atoms with Crippen LogP contribution in [-0.4, -0.2) is 69.8 Å². The van der Waals surface area contributed by atoms with E-state index in [4.69, 9.17) is 4.99 Å². The molecule has 0 bridgehead atoms. The van der Waals surface area contributed by atoms with E-state index in [9.17, 15) is 0 Å². The molecule has 1 aliphatic rings. The summed E-state index contributed by atoms with van der Waals surface area (Å²) >= 11 is 0. The Kier molecular flexibility index (Phi) is 7.02. The zero-order valence-corrected chi connectivity index (χ0v) is 15.9. The monoisotopic (exact) mass is 335 g/mol. The lowest BCUT2D eigenvalue weighted by Gasteiger charge is -2.24. The first-order valence-corrected chi connectivity index (χ1v) is 9.19. The number of rotatable bonds is 7. The van der Waals surface area contributed by atoms with Crippen molar-refractivity contribution < 1.29 is 0 Å². The largest absolute Gasteiger partial charge is 0.357 e. The Hall–Kier alpha value is -1.63. The lowest BCUT2D eigenvalue weighted by Crippen LogP contribution is -2.41. The number of hydrogen-bond donors (Lipinski definition) is 1. The lowest BCUT2D eigenvalue weighted by molar-refractivity contribution is 0.255. The molecular formula is C17H33N7. The average molecular weight is 336 g/mol. The molecule has 1 aromatic heterocycles. The predicted octanol–water partition coefficient (Wildman–Crippen LogP) is 1.25. The van der Waals surface area contributed by atoms with Crippen LogP contribution in [-0.2, 0) is 13.6 Å². The summed E-state index contributed by atoms with van der Waals surface area (Å²) in [5, 5.41) is 11.7. The molecule has 1 aliphatic heterocycles. The van der Waals surface area contributed by atoms with Gasteiger partial charge >= 0.3 is 0 Å². The summed E-state index contributed by atoms with van der Waals surface area (Å²) in [6.07, 6.45) is 1.24. The van der Waals surface area contributed by atoms with E-state index in [0.717, 1.165) is 56.3 Å². The maximum Gasteiger partial charge on any atom is 0.194 e. The Balaban J connectivity index is 1.97. The fourth-order valence-electron chi connectivity index (χ4n) is 3.18. The molecule has 0 aromatic carbocycles. The number of hydrogen-bond acceptors (Lipinski definition) is 4. The third kappa shape index (κ3) is 4.69. The summed E-state index contributed by atoms with van der Waals surface area (Å²) < 4.78 is 2.00. The zero-order valence-electron chi connectivity index (χ0n) is 15.9. The fourth-order valence-corrected chi connectivity index (χ4v) is 3.18. The van der Waals surface area contributed by atoms with Crippen LogP contribution in [0.25, 0.3) is 0 Å². The van der Waals surface area contributed by atoms with Gasteiger partial charge in [0.15, 0.2) is 11.8 Å². The van der Waals surface area contributed by atoms with Gasteiger partial charge in [-0.2, -0.15) is 0 Å². The zero-order chi connectivity index (χ0) is 17.5. The SMILES string of the molecule is CCNC(=NCc1nnc(C)n1C)N1CCC(CN(CC)CC)C1. The minimum absolute atomic E-state index is 0.566. The van der Waals surface area contributed by atoms with Crippen molar-refractivity contribution in [2.45, 2.75) is 40.7 Å². The second-order valence-corrected chi connectivity index (χ2v) is 6.48. The number of guanidine groups is 1. The first kappa shape index (κ1) is 18.7. The van der Waals surface area contributed by atoms with Crippen LogP contribution in [0.5, 0.6) is 0 Å². The van der Waals surface area contributed by atoms with Gasteiger partial charge in [0.1, 0.15) is 12.4 Å². The van der Waals surface area contributed by atoms with Gasteiger partial charge < -0.3 is 19.7 Å². The summed E-state index contributed by atoms with van der Waals surface area (Å²) in [6.45, 7) is 15.6. The summed E-state index contributed by atoms with van der Waals surface area (Å²) in [6, 6.07) is 0. The van der Waals surface area contributed by atoms with Crippen molar-refractivity contribution in [1.82, 2.24) is 29.9 Å². The van der Waals surface area contributed by atoms with E-state index < -0.39 is 0 Å². The normalized spacial score (nSPS) is 18.7. The number of nitrogens with one attached hydrogen (secondary N) is 1. The van der Waals surface area contributed by atoms with E-state index in [1.165, 1.54) is 13.0 Å². The molecule has 0 spiro atoms. The van der Waals surface area contributed by atoms with Crippen molar-refractivity contribution in [3.05, 3.63) is 11.6 Å². The molecule has 136 valence electrons. The molecule has 1 atom stereocenters. The Labute approximate surface area is 146 Å². The number of aromatic nitrogens is 3.